The molecule has 1 atom stereocenters. The molecule has 3 rings (SSSR count). The first-order valence-corrected chi connectivity index (χ1v) is 6.25. The molecule has 2 aliphatic rings. The van der Waals surface area contributed by atoms with E-state index in [-0.39, 0.29) is 6.10 Å². The molecule has 1 aromatic heterocycles. The summed E-state index contributed by atoms with van der Waals surface area (Å²) in [6.07, 6.45) is 6.58. The van der Waals surface area contributed by atoms with Crippen molar-refractivity contribution in [3.63, 3.8) is 0 Å². The van der Waals surface area contributed by atoms with Crippen LogP contribution in [0.1, 0.15) is 30.7 Å². The third-order valence-corrected chi connectivity index (χ3v) is 3.75. The predicted octanol–water partition coefficient (Wildman–Crippen LogP) is 0.894. The van der Waals surface area contributed by atoms with Gasteiger partial charge >= 0.3 is 0 Å². The van der Waals surface area contributed by atoms with Crippen LogP contribution in [-0.2, 0) is 9.47 Å². The second-order valence-electron chi connectivity index (χ2n) is 4.77. The second-order valence-corrected chi connectivity index (χ2v) is 4.77. The van der Waals surface area contributed by atoms with Crippen LogP contribution in [-0.4, -0.2) is 42.5 Å². The molecule has 17 heavy (non-hydrogen) atoms. The van der Waals surface area contributed by atoms with Crippen molar-refractivity contribution in [2.24, 2.45) is 0 Å². The highest BCUT2D eigenvalue weighted by Crippen LogP contribution is 2.36. The number of nitrogens with zero attached hydrogens (tertiary/aromatic N) is 2. The van der Waals surface area contributed by atoms with Crippen molar-refractivity contribution in [1.82, 2.24) is 14.9 Å². The number of aromatic nitrogens is 2. The molecule has 1 saturated heterocycles. The number of morpholine rings is 1. The molecule has 2 fully saturated rings. The minimum Gasteiger partial charge on any atom is -0.381 e. The van der Waals surface area contributed by atoms with Crippen LogP contribution in [0.15, 0.2) is 12.5 Å². The van der Waals surface area contributed by atoms with E-state index in [0.29, 0.717) is 12.1 Å². The van der Waals surface area contributed by atoms with Crippen LogP contribution in [0.3, 0.4) is 0 Å². The van der Waals surface area contributed by atoms with Crippen LogP contribution in [0.25, 0.3) is 0 Å². The van der Waals surface area contributed by atoms with E-state index in [0.717, 1.165) is 32.5 Å². The fourth-order valence-corrected chi connectivity index (χ4v) is 2.58. The molecule has 2 heterocycles. The summed E-state index contributed by atoms with van der Waals surface area (Å²) in [5, 5.41) is 3.35. The van der Waals surface area contributed by atoms with Crippen molar-refractivity contribution in [3.05, 3.63) is 18.2 Å². The number of imidazole rings is 1. The molecule has 0 radical (unpaired) electrons. The molecule has 1 aliphatic carbocycles. The monoisotopic (exact) mass is 237 g/mol. The Hall–Kier alpha value is -0.910. The van der Waals surface area contributed by atoms with Gasteiger partial charge in [-0.2, -0.15) is 0 Å². The Bertz CT molecular complexity index is 368. The maximum Gasteiger partial charge on any atom is 0.111 e. The number of methoxy groups -OCH3 is 1. The lowest BCUT2D eigenvalue weighted by molar-refractivity contribution is -0.00528. The van der Waals surface area contributed by atoms with Crippen molar-refractivity contribution in [2.75, 3.05) is 26.8 Å². The first kappa shape index (κ1) is 11.2. The zero-order valence-electron chi connectivity index (χ0n) is 10.1. The van der Waals surface area contributed by atoms with E-state index in [9.17, 15) is 0 Å². The average molecular weight is 237 g/mol. The maximum absolute atomic E-state index is 5.78. The molecule has 1 unspecified atom stereocenters. The van der Waals surface area contributed by atoms with Gasteiger partial charge in [-0.25, -0.2) is 4.98 Å². The quantitative estimate of drug-likeness (QED) is 0.848. The SMILES string of the molecule is COC1CC(n2cncc2C2CNCCO2)C1. The van der Waals surface area contributed by atoms with E-state index in [2.05, 4.69) is 14.9 Å². The van der Waals surface area contributed by atoms with E-state index in [4.69, 9.17) is 9.47 Å². The number of hydrogen-bond donors (Lipinski definition) is 1. The van der Waals surface area contributed by atoms with E-state index in [1.54, 1.807) is 7.11 Å². The molecule has 0 spiro atoms. The van der Waals surface area contributed by atoms with Crippen LogP contribution in [0.2, 0.25) is 0 Å². The highest BCUT2D eigenvalue weighted by molar-refractivity contribution is 5.08. The van der Waals surface area contributed by atoms with Gasteiger partial charge in [0.2, 0.25) is 0 Å². The largest absolute Gasteiger partial charge is 0.381 e. The van der Waals surface area contributed by atoms with Gasteiger partial charge in [0.25, 0.3) is 0 Å². The molecule has 94 valence electrons. The molecule has 1 N–H and O–H groups in total. The summed E-state index contributed by atoms with van der Waals surface area (Å²) in [6, 6.07) is 0.531. The topological polar surface area (TPSA) is 48.3 Å². The van der Waals surface area contributed by atoms with Crippen LogP contribution in [0.5, 0.6) is 0 Å². The summed E-state index contributed by atoms with van der Waals surface area (Å²) >= 11 is 0. The first-order valence-electron chi connectivity index (χ1n) is 6.25. The van der Waals surface area contributed by atoms with E-state index >= 15 is 0 Å². The first-order chi connectivity index (χ1) is 8.38. The average Bonchev–Trinajstić information content (AvgIpc) is 2.78. The Labute approximate surface area is 101 Å². The zero-order valence-corrected chi connectivity index (χ0v) is 10.1. The van der Waals surface area contributed by atoms with E-state index in [1.807, 2.05) is 12.5 Å². The van der Waals surface area contributed by atoms with E-state index in [1.165, 1.54) is 5.69 Å². The summed E-state index contributed by atoms with van der Waals surface area (Å²) in [5.41, 5.74) is 1.19. The number of ether oxygens (including phenoxy) is 2. The third-order valence-electron chi connectivity index (χ3n) is 3.75. The van der Waals surface area contributed by atoms with Gasteiger partial charge in [0.15, 0.2) is 0 Å². The molecule has 0 bridgehead atoms. The van der Waals surface area contributed by atoms with Gasteiger partial charge in [0, 0.05) is 26.2 Å². The number of rotatable bonds is 3. The van der Waals surface area contributed by atoms with Gasteiger partial charge in [-0.15, -0.1) is 0 Å². The van der Waals surface area contributed by atoms with Gasteiger partial charge < -0.3 is 19.4 Å². The smallest absolute Gasteiger partial charge is 0.111 e. The van der Waals surface area contributed by atoms with Gasteiger partial charge in [-0.05, 0) is 12.8 Å². The Morgan fingerprint density at radius 1 is 1.53 bits per heavy atom. The lowest BCUT2D eigenvalue weighted by atomic mass is 9.88. The van der Waals surface area contributed by atoms with Crippen molar-refractivity contribution in [2.45, 2.75) is 31.1 Å². The standard InChI is InChI=1S/C12H19N3O2/c1-16-10-4-9(5-10)15-8-14-6-11(15)12-7-13-2-3-17-12/h6,8-10,12-13H,2-5,7H2,1H3. The highest BCUT2D eigenvalue weighted by Gasteiger charge is 2.33. The maximum atomic E-state index is 5.78. The van der Waals surface area contributed by atoms with Gasteiger partial charge in [0.05, 0.1) is 30.9 Å². The lowest BCUT2D eigenvalue weighted by Gasteiger charge is -2.37. The van der Waals surface area contributed by atoms with Gasteiger partial charge in [-0.3, -0.25) is 0 Å². The predicted molar refractivity (Wildman–Crippen MR) is 62.9 cm³/mol. The van der Waals surface area contributed by atoms with E-state index < -0.39 is 0 Å². The summed E-state index contributed by atoms with van der Waals surface area (Å²) < 4.78 is 13.4. The molecule has 1 aliphatic heterocycles. The van der Waals surface area contributed by atoms with Crippen LogP contribution < -0.4 is 5.32 Å². The Kier molecular flexibility index (Phi) is 3.13. The molecule has 0 aromatic carbocycles. The Morgan fingerprint density at radius 3 is 3.12 bits per heavy atom. The Morgan fingerprint density at radius 2 is 2.41 bits per heavy atom. The van der Waals surface area contributed by atoms with Crippen molar-refractivity contribution < 1.29 is 9.47 Å². The summed E-state index contributed by atoms with van der Waals surface area (Å²) in [5.74, 6) is 0. The highest BCUT2D eigenvalue weighted by atomic mass is 16.5. The molecular weight excluding hydrogens is 218 g/mol. The van der Waals surface area contributed by atoms with Crippen LogP contribution >= 0.6 is 0 Å². The molecule has 5 nitrogen and oxygen atoms in total. The Balaban J connectivity index is 1.71. The van der Waals surface area contributed by atoms with Crippen LogP contribution in [0, 0.1) is 0 Å². The number of hydrogen-bond acceptors (Lipinski definition) is 4. The summed E-state index contributed by atoms with van der Waals surface area (Å²) in [7, 11) is 1.78. The van der Waals surface area contributed by atoms with Crippen LogP contribution in [0.4, 0.5) is 0 Å². The normalized spacial score (nSPS) is 33.4. The second kappa shape index (κ2) is 4.76. The molecule has 1 aromatic rings. The minimum absolute atomic E-state index is 0.146. The van der Waals surface area contributed by atoms with Gasteiger partial charge in [0.1, 0.15) is 6.10 Å². The van der Waals surface area contributed by atoms with Crippen molar-refractivity contribution in [3.8, 4) is 0 Å². The third kappa shape index (κ3) is 2.10. The lowest BCUT2D eigenvalue weighted by Crippen LogP contribution is -2.37. The molecule has 0 amide bonds. The van der Waals surface area contributed by atoms with Crippen molar-refractivity contribution >= 4 is 0 Å². The summed E-state index contributed by atoms with van der Waals surface area (Å²) in [4.78, 5) is 4.27. The number of nitrogens with one attached hydrogen (secondary N) is 1. The zero-order chi connectivity index (χ0) is 11.7. The minimum atomic E-state index is 0.146. The summed E-state index contributed by atoms with van der Waals surface area (Å²) in [6.45, 7) is 2.60. The molecule has 5 heteroatoms. The fourth-order valence-electron chi connectivity index (χ4n) is 2.58. The molecular formula is C12H19N3O2. The van der Waals surface area contributed by atoms with Gasteiger partial charge in [-0.1, -0.05) is 0 Å². The molecule has 1 saturated carbocycles. The fraction of sp³-hybridized carbons (Fsp3) is 0.750. The van der Waals surface area contributed by atoms with Crippen molar-refractivity contribution in [1.29, 1.82) is 0 Å².